The van der Waals surface area contributed by atoms with Crippen LogP contribution in [-0.4, -0.2) is 30.3 Å². The predicted octanol–water partition coefficient (Wildman–Crippen LogP) is 2.19. The van der Waals surface area contributed by atoms with Crippen LogP contribution in [-0.2, 0) is 10.0 Å². The molecular formula is C14H20N2O2S2. The Labute approximate surface area is 126 Å². The van der Waals surface area contributed by atoms with Gasteiger partial charge in [0.2, 0.25) is 10.0 Å². The third-order valence-corrected chi connectivity index (χ3v) is 6.19. The number of thiocarbonyl (C=S) groups is 1. The van der Waals surface area contributed by atoms with Crippen molar-refractivity contribution in [2.75, 3.05) is 6.54 Å². The normalized spacial score (nSPS) is 20.2. The number of benzene rings is 1. The van der Waals surface area contributed by atoms with Crippen molar-refractivity contribution in [1.82, 2.24) is 4.31 Å². The topological polar surface area (TPSA) is 63.4 Å². The summed E-state index contributed by atoms with van der Waals surface area (Å²) in [6, 6.07) is 5.16. The van der Waals surface area contributed by atoms with Crippen LogP contribution in [0.2, 0.25) is 0 Å². The summed E-state index contributed by atoms with van der Waals surface area (Å²) in [7, 11) is -3.42. The predicted molar refractivity (Wildman–Crippen MR) is 84.3 cm³/mol. The summed E-state index contributed by atoms with van der Waals surface area (Å²) in [6.45, 7) is 4.42. The van der Waals surface area contributed by atoms with Crippen molar-refractivity contribution in [3.63, 3.8) is 0 Å². The molecule has 0 saturated carbocycles. The molecule has 20 heavy (non-hydrogen) atoms. The van der Waals surface area contributed by atoms with Gasteiger partial charge in [-0.25, -0.2) is 8.42 Å². The first kappa shape index (κ1) is 15.4. The van der Waals surface area contributed by atoms with E-state index in [1.54, 1.807) is 29.4 Å². The molecule has 1 aromatic carbocycles. The van der Waals surface area contributed by atoms with Crippen LogP contribution in [0.4, 0.5) is 0 Å². The average molecular weight is 312 g/mol. The van der Waals surface area contributed by atoms with E-state index >= 15 is 0 Å². The minimum Gasteiger partial charge on any atom is -0.389 e. The maximum absolute atomic E-state index is 12.8. The van der Waals surface area contributed by atoms with Gasteiger partial charge in [-0.3, -0.25) is 0 Å². The number of nitrogens with zero attached hydrogens (tertiary/aromatic N) is 1. The fraction of sp³-hybridized carbons (Fsp3) is 0.500. The second-order valence-electron chi connectivity index (χ2n) is 5.16. The molecule has 1 fully saturated rings. The van der Waals surface area contributed by atoms with Gasteiger partial charge in [0, 0.05) is 18.2 Å². The molecule has 1 unspecified atom stereocenters. The zero-order chi connectivity index (χ0) is 14.9. The maximum atomic E-state index is 12.8. The Morgan fingerprint density at radius 1 is 1.50 bits per heavy atom. The van der Waals surface area contributed by atoms with Crippen LogP contribution in [0.1, 0.15) is 37.3 Å². The van der Waals surface area contributed by atoms with Gasteiger partial charge in [-0.15, -0.1) is 0 Å². The molecule has 2 rings (SSSR count). The molecule has 1 saturated heterocycles. The van der Waals surface area contributed by atoms with E-state index < -0.39 is 10.0 Å². The Bertz CT molecular complexity index is 626. The van der Waals surface area contributed by atoms with Gasteiger partial charge in [-0.05, 0) is 43.9 Å². The van der Waals surface area contributed by atoms with Crippen LogP contribution < -0.4 is 5.73 Å². The van der Waals surface area contributed by atoms with Gasteiger partial charge in [-0.1, -0.05) is 25.2 Å². The maximum Gasteiger partial charge on any atom is 0.243 e. The molecule has 0 amide bonds. The SMILES string of the molecule is CCC1CCCN1S(=O)(=O)c1ccc(C(N)=S)cc1C. The minimum absolute atomic E-state index is 0.120. The number of rotatable bonds is 4. The van der Waals surface area contributed by atoms with Gasteiger partial charge in [0.05, 0.1) is 4.90 Å². The molecule has 1 aliphatic rings. The second kappa shape index (κ2) is 5.79. The molecule has 0 radical (unpaired) electrons. The fourth-order valence-corrected chi connectivity index (χ4v) is 4.85. The monoisotopic (exact) mass is 312 g/mol. The Kier molecular flexibility index (Phi) is 4.46. The lowest BCUT2D eigenvalue weighted by Gasteiger charge is -2.24. The van der Waals surface area contributed by atoms with Gasteiger partial charge < -0.3 is 5.73 Å². The summed E-state index contributed by atoms with van der Waals surface area (Å²) in [5.74, 6) is 0. The molecule has 1 atom stereocenters. The first-order valence-corrected chi connectivity index (χ1v) is 8.65. The Balaban J connectivity index is 2.42. The van der Waals surface area contributed by atoms with Gasteiger partial charge in [-0.2, -0.15) is 4.31 Å². The van der Waals surface area contributed by atoms with E-state index in [0.29, 0.717) is 22.6 Å². The summed E-state index contributed by atoms with van der Waals surface area (Å²) in [5.41, 5.74) is 6.97. The van der Waals surface area contributed by atoms with Crippen LogP contribution in [0.25, 0.3) is 0 Å². The molecule has 1 heterocycles. The highest BCUT2D eigenvalue weighted by Gasteiger charge is 2.34. The van der Waals surface area contributed by atoms with E-state index in [1.807, 2.05) is 6.92 Å². The van der Waals surface area contributed by atoms with Crippen molar-refractivity contribution in [2.24, 2.45) is 5.73 Å². The quantitative estimate of drug-likeness (QED) is 0.866. The largest absolute Gasteiger partial charge is 0.389 e. The van der Waals surface area contributed by atoms with Crippen molar-refractivity contribution in [3.8, 4) is 0 Å². The zero-order valence-electron chi connectivity index (χ0n) is 11.8. The average Bonchev–Trinajstić information content (AvgIpc) is 2.87. The molecule has 0 bridgehead atoms. The lowest BCUT2D eigenvalue weighted by atomic mass is 10.1. The third-order valence-electron chi connectivity index (χ3n) is 3.84. The summed E-state index contributed by atoms with van der Waals surface area (Å²) >= 11 is 4.92. The number of sulfonamides is 1. The second-order valence-corrected chi connectivity index (χ2v) is 7.46. The molecular weight excluding hydrogens is 292 g/mol. The van der Waals surface area contributed by atoms with E-state index in [9.17, 15) is 8.42 Å². The molecule has 0 aliphatic carbocycles. The summed E-state index contributed by atoms with van der Waals surface area (Å²) < 4.78 is 27.2. The molecule has 4 nitrogen and oxygen atoms in total. The third kappa shape index (κ3) is 2.73. The lowest BCUT2D eigenvalue weighted by molar-refractivity contribution is 0.379. The highest BCUT2D eigenvalue weighted by molar-refractivity contribution is 7.89. The molecule has 2 N–H and O–H groups in total. The summed E-state index contributed by atoms with van der Waals surface area (Å²) in [4.78, 5) is 0.641. The van der Waals surface area contributed by atoms with Crippen molar-refractivity contribution in [2.45, 2.75) is 44.0 Å². The summed E-state index contributed by atoms with van der Waals surface area (Å²) in [6.07, 6.45) is 2.73. The smallest absolute Gasteiger partial charge is 0.243 e. The zero-order valence-corrected chi connectivity index (χ0v) is 13.4. The minimum atomic E-state index is -3.42. The van der Waals surface area contributed by atoms with Gasteiger partial charge in [0.1, 0.15) is 4.99 Å². The number of hydrogen-bond acceptors (Lipinski definition) is 3. The highest BCUT2D eigenvalue weighted by Crippen LogP contribution is 2.29. The van der Waals surface area contributed by atoms with E-state index in [1.165, 1.54) is 0 Å². The molecule has 110 valence electrons. The Morgan fingerprint density at radius 3 is 2.75 bits per heavy atom. The number of hydrogen-bond donors (Lipinski definition) is 1. The molecule has 6 heteroatoms. The van der Waals surface area contributed by atoms with Crippen molar-refractivity contribution < 1.29 is 8.42 Å². The Hall–Kier alpha value is -0.980. The van der Waals surface area contributed by atoms with Crippen LogP contribution in [0.5, 0.6) is 0 Å². The van der Waals surface area contributed by atoms with Crippen molar-refractivity contribution >= 4 is 27.2 Å². The highest BCUT2D eigenvalue weighted by atomic mass is 32.2. The molecule has 1 aromatic rings. The molecule has 1 aliphatic heterocycles. The van der Waals surface area contributed by atoms with Gasteiger partial charge >= 0.3 is 0 Å². The van der Waals surface area contributed by atoms with Crippen LogP contribution in [0, 0.1) is 6.92 Å². The van der Waals surface area contributed by atoms with E-state index in [2.05, 4.69) is 0 Å². The van der Waals surface area contributed by atoms with E-state index in [-0.39, 0.29) is 11.0 Å². The lowest BCUT2D eigenvalue weighted by Crippen LogP contribution is -2.35. The fourth-order valence-electron chi connectivity index (χ4n) is 2.75. The van der Waals surface area contributed by atoms with E-state index in [4.69, 9.17) is 18.0 Å². The van der Waals surface area contributed by atoms with Crippen molar-refractivity contribution in [3.05, 3.63) is 29.3 Å². The first-order valence-electron chi connectivity index (χ1n) is 6.80. The van der Waals surface area contributed by atoms with Crippen molar-refractivity contribution in [1.29, 1.82) is 0 Å². The van der Waals surface area contributed by atoms with Crippen LogP contribution in [0.3, 0.4) is 0 Å². The standard InChI is InChI=1S/C14H20N2O2S2/c1-3-12-5-4-8-16(12)20(17,18)13-7-6-11(14(15)19)9-10(13)2/h6-7,9,12H,3-5,8H2,1-2H3,(H2,15,19). The summed E-state index contributed by atoms with van der Waals surface area (Å²) in [5, 5.41) is 0. The molecule has 0 spiro atoms. The van der Waals surface area contributed by atoms with Crippen LogP contribution in [0.15, 0.2) is 23.1 Å². The first-order chi connectivity index (χ1) is 9.37. The van der Waals surface area contributed by atoms with Gasteiger partial charge in [0.25, 0.3) is 0 Å². The Morgan fingerprint density at radius 2 is 2.20 bits per heavy atom. The van der Waals surface area contributed by atoms with E-state index in [0.717, 1.165) is 19.3 Å². The van der Waals surface area contributed by atoms with Crippen LogP contribution >= 0.6 is 12.2 Å². The molecule has 0 aromatic heterocycles. The number of nitrogens with two attached hydrogens (primary N) is 1. The number of aryl methyl sites for hydroxylation is 1. The van der Waals surface area contributed by atoms with Gasteiger partial charge in [0.15, 0.2) is 0 Å².